The molecule has 39 heavy (non-hydrogen) atoms. The van der Waals surface area contributed by atoms with E-state index in [9.17, 15) is 19.5 Å². The molecule has 3 rings (SSSR count). The van der Waals surface area contributed by atoms with Crippen LogP contribution in [0, 0.1) is 19.8 Å². The number of rotatable bonds is 13. The number of carbonyl (C=O) groups is 2. The summed E-state index contributed by atoms with van der Waals surface area (Å²) in [5.74, 6) is -1.38. The van der Waals surface area contributed by atoms with Crippen molar-refractivity contribution < 1.29 is 14.7 Å². The van der Waals surface area contributed by atoms with Crippen molar-refractivity contribution in [3.8, 4) is 11.1 Å². The van der Waals surface area contributed by atoms with E-state index in [4.69, 9.17) is 0 Å². The fraction of sp³-hybridized carbons (Fsp3) is 0.424. The molecule has 6 nitrogen and oxygen atoms in total. The number of aliphatic carboxylic acids is 1. The number of Topliss-reactive ketones (excluding diaryl/α,β-unsaturated/α-hetero) is 1. The van der Waals surface area contributed by atoms with Gasteiger partial charge in [0.1, 0.15) is 0 Å². The van der Waals surface area contributed by atoms with Gasteiger partial charge in [-0.2, -0.15) is 0 Å². The molecule has 0 bridgehead atoms. The molecule has 2 atom stereocenters. The number of hydrogen-bond donors (Lipinski definition) is 1. The molecule has 1 heterocycles. The number of carbonyl (C=O) groups excluding carboxylic acids is 1. The van der Waals surface area contributed by atoms with E-state index in [-0.39, 0.29) is 30.1 Å². The van der Waals surface area contributed by atoms with Crippen LogP contribution in [0.5, 0.6) is 0 Å². The molecule has 208 valence electrons. The van der Waals surface area contributed by atoms with Gasteiger partial charge in [0.15, 0.2) is 5.78 Å². The first-order chi connectivity index (χ1) is 18.5. The summed E-state index contributed by atoms with van der Waals surface area (Å²) in [6, 6.07) is 17.0. The van der Waals surface area contributed by atoms with Crippen molar-refractivity contribution in [2.75, 3.05) is 20.6 Å². The lowest BCUT2D eigenvalue weighted by atomic mass is 9.85. The highest BCUT2D eigenvalue weighted by Crippen LogP contribution is 2.33. The van der Waals surface area contributed by atoms with E-state index in [2.05, 4.69) is 26.0 Å². The van der Waals surface area contributed by atoms with Crippen LogP contribution >= 0.6 is 0 Å². The zero-order valence-electron chi connectivity index (χ0n) is 24.1. The predicted octanol–water partition coefficient (Wildman–Crippen LogP) is 6.04. The summed E-state index contributed by atoms with van der Waals surface area (Å²) in [6.45, 7) is 8.93. The Bertz CT molecular complexity index is 1340. The Kier molecular flexibility index (Phi) is 10.4. The van der Waals surface area contributed by atoms with Crippen molar-refractivity contribution in [3.05, 3.63) is 93.4 Å². The zero-order chi connectivity index (χ0) is 28.7. The van der Waals surface area contributed by atoms with Crippen LogP contribution in [0.25, 0.3) is 11.1 Å². The Morgan fingerprint density at radius 3 is 2.23 bits per heavy atom. The van der Waals surface area contributed by atoms with Gasteiger partial charge in [-0.15, -0.1) is 0 Å². The second-order valence-corrected chi connectivity index (χ2v) is 11.3. The van der Waals surface area contributed by atoms with Crippen LogP contribution in [0.4, 0.5) is 0 Å². The van der Waals surface area contributed by atoms with Crippen molar-refractivity contribution in [1.82, 2.24) is 9.47 Å². The van der Waals surface area contributed by atoms with E-state index in [1.54, 1.807) is 10.8 Å². The minimum absolute atomic E-state index is 0.0499. The number of aryl methyl sites for hydroxylation is 2. The van der Waals surface area contributed by atoms with E-state index >= 15 is 0 Å². The quantitative estimate of drug-likeness (QED) is 0.291. The highest BCUT2D eigenvalue weighted by Gasteiger charge is 2.28. The molecule has 0 fully saturated rings. The summed E-state index contributed by atoms with van der Waals surface area (Å²) >= 11 is 0. The fourth-order valence-corrected chi connectivity index (χ4v) is 5.30. The summed E-state index contributed by atoms with van der Waals surface area (Å²) in [6.07, 6.45) is 2.70. The first kappa shape index (κ1) is 30.0. The van der Waals surface area contributed by atoms with Gasteiger partial charge in [-0.3, -0.25) is 14.4 Å². The molecule has 2 aromatic carbocycles. The first-order valence-corrected chi connectivity index (χ1v) is 13.7. The molecule has 0 radical (unpaired) electrons. The second-order valence-electron chi connectivity index (χ2n) is 11.3. The van der Waals surface area contributed by atoms with E-state index in [1.807, 2.05) is 75.3 Å². The topological polar surface area (TPSA) is 79.6 Å². The maximum Gasteiger partial charge on any atom is 0.303 e. The number of aromatic nitrogens is 1. The molecule has 0 spiro atoms. The van der Waals surface area contributed by atoms with E-state index < -0.39 is 17.9 Å². The molecule has 0 aliphatic heterocycles. The van der Waals surface area contributed by atoms with E-state index in [1.165, 1.54) is 0 Å². The van der Waals surface area contributed by atoms with Crippen LogP contribution in [0.3, 0.4) is 0 Å². The monoisotopic (exact) mass is 530 g/mol. The summed E-state index contributed by atoms with van der Waals surface area (Å²) in [4.78, 5) is 41.2. The molecule has 0 aliphatic rings. The Hall–Kier alpha value is -3.51. The number of pyridine rings is 1. The molecular formula is C33H42N2O4. The average Bonchev–Trinajstić information content (AvgIpc) is 2.86. The highest BCUT2D eigenvalue weighted by molar-refractivity contribution is 5.84. The number of benzene rings is 2. The Morgan fingerprint density at radius 2 is 1.62 bits per heavy atom. The van der Waals surface area contributed by atoms with Gasteiger partial charge in [-0.1, -0.05) is 62.4 Å². The molecule has 3 aromatic rings. The molecule has 0 saturated carbocycles. The smallest absolute Gasteiger partial charge is 0.303 e. The van der Waals surface area contributed by atoms with Crippen molar-refractivity contribution >= 4 is 11.8 Å². The van der Waals surface area contributed by atoms with Crippen LogP contribution in [0.2, 0.25) is 0 Å². The van der Waals surface area contributed by atoms with Gasteiger partial charge in [-0.25, -0.2) is 0 Å². The van der Waals surface area contributed by atoms with Crippen LogP contribution < -0.4 is 5.56 Å². The Morgan fingerprint density at radius 1 is 0.949 bits per heavy atom. The molecule has 1 N–H and O–H groups in total. The number of carboxylic acid groups (broad SMARTS) is 1. The number of nitrogens with zero attached hydrogens (tertiary/aromatic N) is 2. The van der Waals surface area contributed by atoms with Crippen molar-refractivity contribution in [2.45, 2.75) is 65.3 Å². The van der Waals surface area contributed by atoms with Gasteiger partial charge < -0.3 is 14.6 Å². The van der Waals surface area contributed by atoms with Gasteiger partial charge in [0.25, 0.3) is 5.56 Å². The molecular weight excluding hydrogens is 488 g/mol. The highest BCUT2D eigenvalue weighted by atomic mass is 16.4. The van der Waals surface area contributed by atoms with Gasteiger partial charge in [0.2, 0.25) is 0 Å². The van der Waals surface area contributed by atoms with E-state index in [0.29, 0.717) is 18.4 Å². The second kappa shape index (κ2) is 13.5. The molecule has 1 unspecified atom stereocenters. The minimum atomic E-state index is -0.950. The SMILES string of the molecule is Cc1cccc(C)c1-c1cccc([C@H](CC(=O)O)CC(=O)C(CC(C)C)n2cccc(CCN(C)C)c2=O)c1. The maximum absolute atomic E-state index is 13.9. The third-order valence-corrected chi connectivity index (χ3v) is 7.28. The van der Waals surface area contributed by atoms with Crippen molar-refractivity contribution in [3.63, 3.8) is 0 Å². The lowest BCUT2D eigenvalue weighted by Gasteiger charge is -2.24. The fourth-order valence-electron chi connectivity index (χ4n) is 5.30. The van der Waals surface area contributed by atoms with Gasteiger partial charge in [0.05, 0.1) is 12.5 Å². The van der Waals surface area contributed by atoms with Gasteiger partial charge >= 0.3 is 5.97 Å². The Balaban J connectivity index is 1.98. The van der Waals surface area contributed by atoms with Crippen LogP contribution in [-0.4, -0.2) is 47.0 Å². The normalized spacial score (nSPS) is 13.0. The lowest BCUT2D eigenvalue weighted by molar-refractivity contribution is -0.137. The third-order valence-electron chi connectivity index (χ3n) is 7.28. The molecule has 0 saturated heterocycles. The van der Waals surface area contributed by atoms with Crippen molar-refractivity contribution in [2.24, 2.45) is 5.92 Å². The van der Waals surface area contributed by atoms with Crippen LogP contribution in [0.1, 0.15) is 67.3 Å². The molecule has 0 aliphatic carbocycles. The van der Waals surface area contributed by atoms with Gasteiger partial charge in [0, 0.05) is 30.6 Å². The first-order valence-electron chi connectivity index (χ1n) is 13.7. The summed E-state index contributed by atoms with van der Waals surface area (Å²) < 4.78 is 1.57. The van der Waals surface area contributed by atoms with E-state index in [0.717, 1.165) is 34.4 Å². The lowest BCUT2D eigenvalue weighted by Crippen LogP contribution is -2.33. The molecule has 1 aromatic heterocycles. The maximum atomic E-state index is 13.9. The standard InChI is InChI=1S/C33H42N2O4/c1-22(2)18-29(35-16-9-14-25(33(35)39)15-17-34(5)6)30(36)20-28(21-31(37)38)26-12-8-13-27(19-26)32-23(3)10-7-11-24(32)4/h7-14,16,19,22,28-29H,15,17-18,20-21H2,1-6H3,(H,37,38)/t28-,29?/m0/s1. The van der Waals surface area contributed by atoms with Crippen LogP contribution in [0.15, 0.2) is 65.6 Å². The summed E-state index contributed by atoms with van der Waals surface area (Å²) in [7, 11) is 3.93. The summed E-state index contributed by atoms with van der Waals surface area (Å²) in [5.41, 5.74) is 5.77. The predicted molar refractivity (Wildman–Crippen MR) is 157 cm³/mol. The number of hydrogen-bond acceptors (Lipinski definition) is 4. The number of carboxylic acids is 1. The van der Waals surface area contributed by atoms with Gasteiger partial charge in [-0.05, 0) is 80.6 Å². The third kappa shape index (κ3) is 7.99. The van der Waals surface area contributed by atoms with Crippen LogP contribution in [-0.2, 0) is 16.0 Å². The minimum Gasteiger partial charge on any atom is -0.481 e. The Labute approximate surface area is 232 Å². The zero-order valence-corrected chi connectivity index (χ0v) is 24.1. The summed E-state index contributed by atoms with van der Waals surface area (Å²) in [5, 5.41) is 9.75. The largest absolute Gasteiger partial charge is 0.481 e. The molecule has 0 amide bonds. The number of likely N-dealkylation sites (N-methyl/N-ethyl adjacent to an activating group) is 1. The number of ketones is 1. The van der Waals surface area contributed by atoms with Crippen molar-refractivity contribution in [1.29, 1.82) is 0 Å². The average molecular weight is 531 g/mol. The molecule has 6 heteroatoms.